The molecule has 0 spiro atoms. The third-order valence-corrected chi connectivity index (χ3v) is 9.24. The number of benzene rings is 2. The van der Waals surface area contributed by atoms with Crippen LogP contribution in [-0.2, 0) is 20.0 Å². The first-order chi connectivity index (χ1) is 13.9. The minimum Gasteiger partial charge on any atom is -0.258 e. The Bertz CT molecular complexity index is 1200. The Balaban J connectivity index is 1.84. The third-order valence-electron chi connectivity index (χ3n) is 5.16. The summed E-state index contributed by atoms with van der Waals surface area (Å²) in [5, 5.41) is 11.0. The van der Waals surface area contributed by atoms with Crippen LogP contribution in [0.15, 0.2) is 46.2 Å². The maximum Gasteiger partial charge on any atom is 0.270 e. The monoisotopic (exact) mass is 453 g/mol. The molecule has 0 aromatic heterocycles. The molecular weight excluding hydrogens is 430 g/mol. The quantitative estimate of drug-likeness (QED) is 0.506. The lowest BCUT2D eigenvalue weighted by Gasteiger charge is -2.33. The van der Waals surface area contributed by atoms with Gasteiger partial charge in [-0.1, -0.05) is 18.2 Å². The average molecular weight is 454 g/mol. The molecular formula is C19H23N3O6S2. The van der Waals surface area contributed by atoms with Crippen LogP contribution in [0, 0.1) is 30.9 Å². The van der Waals surface area contributed by atoms with E-state index in [0.717, 1.165) is 11.6 Å². The van der Waals surface area contributed by atoms with Gasteiger partial charge >= 0.3 is 0 Å². The van der Waals surface area contributed by atoms with Crippen molar-refractivity contribution in [1.82, 2.24) is 8.61 Å². The molecule has 0 radical (unpaired) electrons. The van der Waals surface area contributed by atoms with Crippen molar-refractivity contribution in [3.8, 4) is 0 Å². The summed E-state index contributed by atoms with van der Waals surface area (Å²) in [5.74, 6) is 0. The van der Waals surface area contributed by atoms with Crippen molar-refractivity contribution >= 4 is 25.7 Å². The van der Waals surface area contributed by atoms with Crippen LogP contribution in [0.5, 0.6) is 0 Å². The van der Waals surface area contributed by atoms with Crippen LogP contribution >= 0.6 is 0 Å². The number of hydrogen-bond donors (Lipinski definition) is 0. The van der Waals surface area contributed by atoms with Crippen molar-refractivity contribution < 1.29 is 21.8 Å². The number of nitro benzene ring substituents is 1. The van der Waals surface area contributed by atoms with E-state index in [-0.39, 0.29) is 41.7 Å². The average Bonchev–Trinajstić information content (AvgIpc) is 2.69. The molecule has 1 heterocycles. The van der Waals surface area contributed by atoms with E-state index in [9.17, 15) is 26.9 Å². The molecule has 1 aliphatic rings. The standard InChI is InChI=1S/C19H23N3O6S2/c1-14-4-5-15(2)18(12-14)29(25,26)20-8-10-21(11-9-20)30(27,28)19-13-17(22(23)24)7-6-16(19)3/h4-7,12-13H,8-11H2,1-3H3. The van der Waals surface area contributed by atoms with E-state index < -0.39 is 25.0 Å². The molecule has 3 rings (SSSR count). The molecule has 2 aromatic carbocycles. The number of piperazine rings is 1. The second kappa shape index (κ2) is 8.06. The van der Waals surface area contributed by atoms with E-state index >= 15 is 0 Å². The molecule has 0 unspecified atom stereocenters. The molecule has 9 nitrogen and oxygen atoms in total. The van der Waals surface area contributed by atoms with Gasteiger partial charge in [0.05, 0.1) is 14.7 Å². The maximum atomic E-state index is 13.0. The zero-order chi connectivity index (χ0) is 22.3. The van der Waals surface area contributed by atoms with Gasteiger partial charge in [-0.05, 0) is 43.5 Å². The lowest BCUT2D eigenvalue weighted by Crippen LogP contribution is -2.50. The van der Waals surface area contributed by atoms with E-state index in [2.05, 4.69) is 0 Å². The van der Waals surface area contributed by atoms with E-state index in [1.807, 2.05) is 13.0 Å². The van der Waals surface area contributed by atoms with Gasteiger partial charge in [-0.15, -0.1) is 0 Å². The largest absolute Gasteiger partial charge is 0.270 e. The zero-order valence-corrected chi connectivity index (χ0v) is 18.5. The molecule has 11 heteroatoms. The Morgan fingerprint density at radius 2 is 1.20 bits per heavy atom. The number of rotatable bonds is 5. The molecule has 0 bridgehead atoms. The van der Waals surface area contributed by atoms with Crippen molar-refractivity contribution in [2.45, 2.75) is 30.6 Å². The number of sulfonamides is 2. The van der Waals surface area contributed by atoms with Gasteiger partial charge in [-0.3, -0.25) is 10.1 Å². The van der Waals surface area contributed by atoms with Gasteiger partial charge in [0.1, 0.15) is 0 Å². The predicted octanol–water partition coefficient (Wildman–Crippen LogP) is 2.22. The Labute approximate surface area is 176 Å². The summed E-state index contributed by atoms with van der Waals surface area (Å²) in [6.45, 7) is 5.04. The highest BCUT2D eigenvalue weighted by atomic mass is 32.2. The van der Waals surface area contributed by atoms with Crippen molar-refractivity contribution in [3.05, 3.63) is 63.2 Å². The second-order valence-corrected chi connectivity index (χ2v) is 11.1. The Hall–Kier alpha value is -2.34. The molecule has 1 aliphatic heterocycles. The van der Waals surface area contributed by atoms with Gasteiger partial charge in [0, 0.05) is 38.3 Å². The summed E-state index contributed by atoms with van der Waals surface area (Å²) in [7, 11) is -7.74. The highest BCUT2D eigenvalue weighted by Gasteiger charge is 2.35. The van der Waals surface area contributed by atoms with Crippen LogP contribution in [0.3, 0.4) is 0 Å². The van der Waals surface area contributed by atoms with Gasteiger partial charge in [0.25, 0.3) is 5.69 Å². The molecule has 1 saturated heterocycles. The molecule has 2 aromatic rings. The van der Waals surface area contributed by atoms with Gasteiger partial charge in [-0.2, -0.15) is 8.61 Å². The third kappa shape index (κ3) is 4.10. The predicted molar refractivity (Wildman–Crippen MR) is 111 cm³/mol. The van der Waals surface area contributed by atoms with Crippen molar-refractivity contribution in [2.24, 2.45) is 0 Å². The summed E-state index contributed by atoms with van der Waals surface area (Å²) >= 11 is 0. The van der Waals surface area contributed by atoms with Crippen LogP contribution in [-0.4, -0.2) is 56.5 Å². The Kier molecular flexibility index (Phi) is 6.01. The second-order valence-electron chi connectivity index (χ2n) is 7.28. The van der Waals surface area contributed by atoms with Crippen molar-refractivity contribution in [1.29, 1.82) is 0 Å². The van der Waals surface area contributed by atoms with Crippen LogP contribution in [0.25, 0.3) is 0 Å². The minimum absolute atomic E-state index is 0.00290. The number of aryl methyl sites for hydroxylation is 3. The molecule has 30 heavy (non-hydrogen) atoms. The maximum absolute atomic E-state index is 13.0. The molecule has 1 fully saturated rings. The van der Waals surface area contributed by atoms with Crippen LogP contribution in [0.4, 0.5) is 5.69 Å². The molecule has 0 atom stereocenters. The Morgan fingerprint density at radius 3 is 1.67 bits per heavy atom. The number of hydrogen-bond acceptors (Lipinski definition) is 6. The number of nitrogens with zero attached hydrogens (tertiary/aromatic N) is 3. The van der Waals surface area contributed by atoms with Crippen molar-refractivity contribution in [3.63, 3.8) is 0 Å². The van der Waals surface area contributed by atoms with Gasteiger partial charge in [-0.25, -0.2) is 16.8 Å². The van der Waals surface area contributed by atoms with Crippen molar-refractivity contribution in [2.75, 3.05) is 26.2 Å². The number of nitro groups is 1. The summed E-state index contributed by atoms with van der Waals surface area (Å²) in [6.07, 6.45) is 0. The van der Waals surface area contributed by atoms with Gasteiger partial charge in [0.2, 0.25) is 20.0 Å². The fourth-order valence-electron chi connectivity index (χ4n) is 3.39. The smallest absolute Gasteiger partial charge is 0.258 e. The lowest BCUT2D eigenvalue weighted by molar-refractivity contribution is -0.385. The fraction of sp³-hybridized carbons (Fsp3) is 0.368. The highest BCUT2D eigenvalue weighted by Crippen LogP contribution is 2.27. The fourth-order valence-corrected chi connectivity index (χ4v) is 6.79. The molecule has 0 N–H and O–H groups in total. The first-order valence-electron chi connectivity index (χ1n) is 9.27. The molecule has 0 saturated carbocycles. The normalized spacial score (nSPS) is 16.5. The van der Waals surface area contributed by atoms with E-state index in [0.29, 0.717) is 11.1 Å². The first kappa shape index (κ1) is 22.3. The summed E-state index contributed by atoms with van der Waals surface area (Å²) in [4.78, 5) is 10.5. The number of non-ortho nitro benzene ring substituents is 1. The Morgan fingerprint density at radius 1 is 0.767 bits per heavy atom. The minimum atomic E-state index is -3.99. The molecule has 0 amide bonds. The molecule has 0 aliphatic carbocycles. The summed E-state index contributed by atoms with van der Waals surface area (Å²) < 4.78 is 54.6. The van der Waals surface area contributed by atoms with E-state index in [1.165, 1.54) is 20.7 Å². The first-order valence-corrected chi connectivity index (χ1v) is 12.1. The molecule has 162 valence electrons. The lowest BCUT2D eigenvalue weighted by atomic mass is 10.2. The van der Waals surface area contributed by atoms with Gasteiger partial charge in [0.15, 0.2) is 0 Å². The van der Waals surface area contributed by atoms with Crippen LogP contribution < -0.4 is 0 Å². The van der Waals surface area contributed by atoms with E-state index in [1.54, 1.807) is 26.0 Å². The van der Waals surface area contributed by atoms with Gasteiger partial charge < -0.3 is 0 Å². The topological polar surface area (TPSA) is 118 Å². The van der Waals surface area contributed by atoms with Crippen LogP contribution in [0.1, 0.15) is 16.7 Å². The zero-order valence-electron chi connectivity index (χ0n) is 16.9. The highest BCUT2D eigenvalue weighted by molar-refractivity contribution is 7.89. The summed E-state index contributed by atoms with van der Waals surface area (Å²) in [6, 6.07) is 8.88. The SMILES string of the molecule is Cc1ccc(C)c(S(=O)(=O)N2CCN(S(=O)(=O)c3cc([N+](=O)[O-])ccc3C)CC2)c1. The van der Waals surface area contributed by atoms with E-state index in [4.69, 9.17) is 0 Å². The summed E-state index contributed by atoms with van der Waals surface area (Å²) in [5.41, 5.74) is 1.53. The van der Waals surface area contributed by atoms with Crippen LogP contribution in [0.2, 0.25) is 0 Å².